The highest BCUT2D eigenvalue weighted by Crippen LogP contribution is 2.31. The van der Waals surface area contributed by atoms with Crippen molar-refractivity contribution in [3.63, 3.8) is 0 Å². The molecule has 1 atom stereocenters. The van der Waals surface area contributed by atoms with Crippen molar-refractivity contribution in [1.82, 2.24) is 24.9 Å². The molecule has 0 saturated heterocycles. The van der Waals surface area contributed by atoms with Gasteiger partial charge in [0.25, 0.3) is 5.91 Å². The Morgan fingerprint density at radius 3 is 2.88 bits per heavy atom. The number of carbonyl (C=O) groups excluding carboxylic acids is 1. The molecule has 1 N–H and O–H groups in total. The van der Waals surface area contributed by atoms with Crippen LogP contribution in [0.5, 0.6) is 0 Å². The van der Waals surface area contributed by atoms with Gasteiger partial charge in [0.2, 0.25) is 0 Å². The van der Waals surface area contributed by atoms with Crippen LogP contribution in [0.1, 0.15) is 40.6 Å². The van der Waals surface area contributed by atoms with E-state index < -0.39 is 0 Å². The van der Waals surface area contributed by atoms with E-state index in [4.69, 9.17) is 0 Å². The van der Waals surface area contributed by atoms with Gasteiger partial charge in [0.1, 0.15) is 17.2 Å². The minimum atomic E-state index is -0.311. The minimum absolute atomic E-state index is 0.133. The highest BCUT2D eigenvalue weighted by atomic mass is 19.1. The van der Waals surface area contributed by atoms with E-state index >= 15 is 0 Å². The number of hydrogen-bond acceptors (Lipinski definition) is 3. The number of aromatic nitrogens is 4. The first kappa shape index (κ1) is 15.6. The predicted octanol–water partition coefficient (Wildman–Crippen LogP) is 2.55. The summed E-state index contributed by atoms with van der Waals surface area (Å²) in [7, 11) is 1.73. The Morgan fingerprint density at radius 2 is 2.12 bits per heavy atom. The van der Waals surface area contributed by atoms with Gasteiger partial charge in [-0.2, -0.15) is 10.2 Å². The number of halogens is 1. The molecule has 0 spiro atoms. The van der Waals surface area contributed by atoms with Crippen LogP contribution in [0.4, 0.5) is 4.39 Å². The largest absolute Gasteiger partial charge is 0.344 e. The lowest BCUT2D eigenvalue weighted by molar-refractivity contribution is 0.0923. The van der Waals surface area contributed by atoms with Crippen LogP contribution < -0.4 is 5.32 Å². The molecule has 1 aliphatic rings. The molecule has 0 saturated carbocycles. The number of nitrogens with zero attached hydrogens (tertiary/aromatic N) is 4. The summed E-state index contributed by atoms with van der Waals surface area (Å²) in [6.07, 6.45) is 5.87. The summed E-state index contributed by atoms with van der Waals surface area (Å²) in [5.41, 5.74) is 2.84. The lowest BCUT2D eigenvalue weighted by Crippen LogP contribution is -2.32. The van der Waals surface area contributed by atoms with Gasteiger partial charge >= 0.3 is 0 Å². The molecule has 2 aromatic heterocycles. The number of aryl methyl sites for hydroxylation is 1. The zero-order chi connectivity index (χ0) is 17.4. The quantitative estimate of drug-likeness (QED) is 0.797. The van der Waals surface area contributed by atoms with Gasteiger partial charge in [0, 0.05) is 24.5 Å². The molecule has 1 amide bonds. The zero-order valence-corrected chi connectivity index (χ0v) is 13.8. The minimum Gasteiger partial charge on any atom is -0.344 e. The Bertz CT molecular complexity index is 929. The summed E-state index contributed by atoms with van der Waals surface area (Å²) >= 11 is 0. The first-order chi connectivity index (χ1) is 12.1. The molecule has 4 rings (SSSR count). The van der Waals surface area contributed by atoms with E-state index in [9.17, 15) is 9.18 Å². The van der Waals surface area contributed by atoms with E-state index in [0.29, 0.717) is 11.4 Å². The number of fused-ring (bicyclic) bond motifs is 1. The van der Waals surface area contributed by atoms with Crippen LogP contribution in [0.2, 0.25) is 0 Å². The first-order valence-electron chi connectivity index (χ1n) is 8.25. The van der Waals surface area contributed by atoms with Crippen LogP contribution in [0.15, 0.2) is 42.7 Å². The Balaban J connectivity index is 1.64. The zero-order valence-electron chi connectivity index (χ0n) is 13.8. The third-order valence-corrected chi connectivity index (χ3v) is 4.62. The summed E-state index contributed by atoms with van der Waals surface area (Å²) in [5.74, 6) is -0.481. The van der Waals surface area contributed by atoms with Crippen LogP contribution in [-0.2, 0) is 13.5 Å². The Morgan fingerprint density at radius 1 is 1.28 bits per heavy atom. The van der Waals surface area contributed by atoms with Crippen LogP contribution in [0.25, 0.3) is 5.69 Å². The maximum Gasteiger partial charge on any atom is 0.270 e. The molecule has 6 nitrogen and oxygen atoms in total. The van der Waals surface area contributed by atoms with Gasteiger partial charge < -0.3 is 5.32 Å². The molecule has 1 aliphatic carbocycles. The summed E-state index contributed by atoms with van der Waals surface area (Å²) in [4.78, 5) is 12.5. The van der Waals surface area contributed by atoms with Gasteiger partial charge in [-0.3, -0.25) is 9.48 Å². The van der Waals surface area contributed by atoms with Gasteiger partial charge in [-0.05, 0) is 37.5 Å². The number of rotatable bonds is 3. The van der Waals surface area contributed by atoms with Crippen molar-refractivity contribution >= 4 is 5.91 Å². The molecule has 7 heteroatoms. The van der Waals surface area contributed by atoms with Crippen molar-refractivity contribution in [3.8, 4) is 5.69 Å². The van der Waals surface area contributed by atoms with Crippen molar-refractivity contribution in [2.75, 3.05) is 0 Å². The lowest BCUT2D eigenvalue weighted by Gasteiger charge is -2.24. The smallest absolute Gasteiger partial charge is 0.270 e. The Kier molecular flexibility index (Phi) is 3.83. The Hall–Kier alpha value is -2.96. The standard InChI is InChI=1S/C18H18FN5O/c1-23-17(9-10-20-23)18(25)22-14-6-4-8-15-12(14)11-21-24(15)16-7-3-2-5-13(16)19/h2-3,5,7,9-11,14H,4,6,8H2,1H3,(H,22,25)/t14-/m1/s1. The molecule has 128 valence electrons. The van der Waals surface area contributed by atoms with E-state index in [1.807, 2.05) is 0 Å². The second-order valence-corrected chi connectivity index (χ2v) is 6.17. The average molecular weight is 339 g/mol. The third kappa shape index (κ3) is 2.71. The normalized spacial score (nSPS) is 16.5. The Labute approximate surface area is 144 Å². The van der Waals surface area contributed by atoms with Gasteiger partial charge in [0.15, 0.2) is 0 Å². The van der Waals surface area contributed by atoms with Crippen LogP contribution in [-0.4, -0.2) is 25.5 Å². The molecular weight excluding hydrogens is 321 g/mol. The number of hydrogen-bond donors (Lipinski definition) is 1. The molecule has 2 heterocycles. The molecule has 1 aromatic carbocycles. The molecule has 0 unspecified atom stereocenters. The predicted molar refractivity (Wildman–Crippen MR) is 89.9 cm³/mol. The SMILES string of the molecule is Cn1nccc1C(=O)N[C@@H]1CCCc2c1cnn2-c1ccccc1F. The van der Waals surface area contributed by atoms with Crippen molar-refractivity contribution < 1.29 is 9.18 Å². The maximum atomic E-state index is 14.1. The number of para-hydroxylation sites is 1. The fourth-order valence-electron chi connectivity index (χ4n) is 3.37. The molecule has 0 fully saturated rings. The molecular formula is C18H18FN5O. The van der Waals surface area contributed by atoms with Gasteiger partial charge in [-0.25, -0.2) is 9.07 Å². The van der Waals surface area contributed by atoms with Crippen LogP contribution >= 0.6 is 0 Å². The van der Waals surface area contributed by atoms with Crippen molar-refractivity contribution in [1.29, 1.82) is 0 Å². The van der Waals surface area contributed by atoms with Gasteiger partial charge in [-0.15, -0.1) is 0 Å². The van der Waals surface area contributed by atoms with E-state index in [0.717, 1.165) is 30.5 Å². The second kappa shape index (κ2) is 6.16. The average Bonchev–Trinajstić information content (AvgIpc) is 3.22. The molecule has 0 aliphatic heterocycles. The van der Waals surface area contributed by atoms with Gasteiger partial charge in [-0.1, -0.05) is 12.1 Å². The molecule has 0 radical (unpaired) electrons. The third-order valence-electron chi connectivity index (χ3n) is 4.62. The van der Waals surface area contributed by atoms with Crippen LogP contribution in [0.3, 0.4) is 0 Å². The maximum absolute atomic E-state index is 14.1. The number of benzene rings is 1. The summed E-state index contributed by atoms with van der Waals surface area (Å²) in [6.45, 7) is 0. The highest BCUT2D eigenvalue weighted by Gasteiger charge is 2.27. The molecule has 3 aromatic rings. The van der Waals surface area contributed by atoms with Crippen molar-refractivity contribution in [2.45, 2.75) is 25.3 Å². The second-order valence-electron chi connectivity index (χ2n) is 6.17. The molecule has 0 bridgehead atoms. The van der Waals surface area contributed by atoms with E-state index in [2.05, 4.69) is 15.5 Å². The number of amides is 1. The fraction of sp³-hybridized carbons (Fsp3) is 0.278. The van der Waals surface area contributed by atoms with Crippen LogP contribution in [0, 0.1) is 5.82 Å². The van der Waals surface area contributed by atoms with Crippen molar-refractivity contribution in [2.24, 2.45) is 7.05 Å². The number of carbonyl (C=O) groups is 1. The fourth-order valence-corrected chi connectivity index (χ4v) is 3.37. The summed E-state index contributed by atoms with van der Waals surface area (Å²) in [5, 5.41) is 11.5. The molecule has 25 heavy (non-hydrogen) atoms. The van der Waals surface area contributed by atoms with E-state index in [-0.39, 0.29) is 17.8 Å². The highest BCUT2D eigenvalue weighted by molar-refractivity contribution is 5.92. The van der Waals surface area contributed by atoms with E-state index in [1.165, 1.54) is 6.07 Å². The lowest BCUT2D eigenvalue weighted by atomic mass is 9.92. The van der Waals surface area contributed by atoms with Gasteiger partial charge in [0.05, 0.1) is 12.2 Å². The van der Waals surface area contributed by atoms with Crippen molar-refractivity contribution in [3.05, 3.63) is 65.5 Å². The van der Waals surface area contributed by atoms with E-state index in [1.54, 1.807) is 53.1 Å². The first-order valence-corrected chi connectivity index (χ1v) is 8.25. The monoisotopic (exact) mass is 339 g/mol. The topological polar surface area (TPSA) is 64.7 Å². The summed E-state index contributed by atoms with van der Waals surface area (Å²) < 4.78 is 17.3. The number of nitrogens with one attached hydrogen (secondary N) is 1. The summed E-state index contributed by atoms with van der Waals surface area (Å²) in [6, 6.07) is 8.13.